The molecule has 0 saturated heterocycles. The Labute approximate surface area is 102 Å². The van der Waals surface area contributed by atoms with Crippen molar-refractivity contribution in [3.05, 3.63) is 28.3 Å². The summed E-state index contributed by atoms with van der Waals surface area (Å²) in [6.07, 6.45) is 0.163. The molecule has 0 radical (unpaired) electrons. The molecule has 0 heterocycles. The summed E-state index contributed by atoms with van der Waals surface area (Å²) in [6, 6.07) is 3.85. The molecule has 0 bridgehead atoms. The molecule has 1 unspecified atom stereocenters. The maximum Gasteiger partial charge on any atom is 0.122 e. The van der Waals surface area contributed by atoms with Gasteiger partial charge < -0.3 is 9.84 Å². The van der Waals surface area contributed by atoms with Gasteiger partial charge in [0.15, 0.2) is 0 Å². The van der Waals surface area contributed by atoms with Gasteiger partial charge in [0.1, 0.15) is 5.75 Å². The zero-order valence-corrected chi connectivity index (χ0v) is 11.0. The Balaban J connectivity index is 3.15. The van der Waals surface area contributed by atoms with Crippen LogP contribution in [0, 0.1) is 0 Å². The van der Waals surface area contributed by atoms with Gasteiger partial charge in [-0.05, 0) is 36.1 Å². The third-order valence-corrected chi connectivity index (χ3v) is 2.86. The number of ether oxygens (including phenoxy) is 1. The molecule has 16 heavy (non-hydrogen) atoms. The van der Waals surface area contributed by atoms with Crippen LogP contribution >= 0.6 is 11.6 Å². The van der Waals surface area contributed by atoms with E-state index in [0.717, 1.165) is 21.9 Å². The fraction of sp³-hybridized carbons (Fsp3) is 0.538. The zero-order chi connectivity index (χ0) is 12.3. The highest BCUT2D eigenvalue weighted by atomic mass is 35.5. The lowest BCUT2D eigenvalue weighted by Gasteiger charge is -2.15. The van der Waals surface area contributed by atoms with Crippen LogP contribution in [0.4, 0.5) is 0 Å². The molecule has 0 fully saturated rings. The van der Waals surface area contributed by atoms with Crippen LogP contribution < -0.4 is 4.74 Å². The summed E-state index contributed by atoms with van der Waals surface area (Å²) in [5, 5.41) is 10.1. The summed E-state index contributed by atoms with van der Waals surface area (Å²) >= 11 is 6.20. The average Bonchev–Trinajstić information content (AvgIpc) is 2.16. The second kappa shape index (κ2) is 5.55. The van der Waals surface area contributed by atoms with Gasteiger partial charge in [0.25, 0.3) is 0 Å². The predicted octanol–water partition coefficient (Wildman–Crippen LogP) is 3.40. The van der Waals surface area contributed by atoms with Crippen molar-refractivity contribution in [2.75, 3.05) is 7.11 Å². The van der Waals surface area contributed by atoms with Crippen LogP contribution in [0.25, 0.3) is 0 Å². The zero-order valence-electron chi connectivity index (χ0n) is 10.2. The molecule has 1 aromatic rings. The molecule has 1 N–H and O–H groups in total. The van der Waals surface area contributed by atoms with Crippen LogP contribution in [0.15, 0.2) is 12.1 Å². The molecule has 0 amide bonds. The maximum atomic E-state index is 9.40. The van der Waals surface area contributed by atoms with Crippen molar-refractivity contribution in [1.82, 2.24) is 0 Å². The molecule has 0 spiro atoms. The van der Waals surface area contributed by atoms with Crippen molar-refractivity contribution in [3.63, 3.8) is 0 Å². The van der Waals surface area contributed by atoms with Gasteiger partial charge in [-0.25, -0.2) is 0 Å². The summed E-state index contributed by atoms with van der Waals surface area (Å²) in [4.78, 5) is 0. The lowest BCUT2D eigenvalue weighted by molar-refractivity contribution is 0.194. The molecular formula is C13H19ClO2. The molecule has 0 saturated carbocycles. The smallest absolute Gasteiger partial charge is 0.122 e. The van der Waals surface area contributed by atoms with Gasteiger partial charge in [-0.2, -0.15) is 0 Å². The normalized spacial score (nSPS) is 12.9. The molecule has 0 aliphatic carbocycles. The van der Waals surface area contributed by atoms with E-state index >= 15 is 0 Å². The predicted molar refractivity (Wildman–Crippen MR) is 67.5 cm³/mol. The van der Waals surface area contributed by atoms with Gasteiger partial charge in [-0.3, -0.25) is 0 Å². The second-order valence-corrected chi connectivity index (χ2v) is 4.80. The highest BCUT2D eigenvalue weighted by Crippen LogP contribution is 2.32. The van der Waals surface area contributed by atoms with Crippen molar-refractivity contribution in [2.45, 2.75) is 39.2 Å². The Bertz CT molecular complexity index is 359. The van der Waals surface area contributed by atoms with Crippen LogP contribution in [0.2, 0.25) is 5.02 Å². The third-order valence-electron chi connectivity index (χ3n) is 2.54. The van der Waals surface area contributed by atoms with E-state index in [1.807, 2.05) is 12.1 Å². The lowest BCUT2D eigenvalue weighted by Crippen LogP contribution is -2.06. The van der Waals surface area contributed by atoms with Gasteiger partial charge in [0, 0.05) is 11.4 Å². The molecule has 1 atom stereocenters. The van der Waals surface area contributed by atoms with Crippen LogP contribution in [-0.2, 0) is 6.42 Å². The van der Waals surface area contributed by atoms with Crippen molar-refractivity contribution in [3.8, 4) is 5.75 Å². The number of methoxy groups -OCH3 is 1. The first kappa shape index (κ1) is 13.3. The quantitative estimate of drug-likeness (QED) is 0.877. The van der Waals surface area contributed by atoms with Crippen LogP contribution in [0.3, 0.4) is 0 Å². The third kappa shape index (κ3) is 3.13. The van der Waals surface area contributed by atoms with Crippen molar-refractivity contribution >= 4 is 11.6 Å². The monoisotopic (exact) mass is 242 g/mol. The number of rotatable bonds is 4. The molecule has 2 nitrogen and oxygen atoms in total. The van der Waals surface area contributed by atoms with Crippen LogP contribution in [0.5, 0.6) is 5.75 Å². The largest absolute Gasteiger partial charge is 0.496 e. The van der Waals surface area contributed by atoms with Crippen LogP contribution in [0.1, 0.15) is 37.8 Å². The van der Waals surface area contributed by atoms with Gasteiger partial charge in [-0.15, -0.1) is 0 Å². The van der Waals surface area contributed by atoms with Gasteiger partial charge >= 0.3 is 0 Å². The van der Waals surface area contributed by atoms with E-state index in [2.05, 4.69) is 13.8 Å². The summed E-state index contributed by atoms with van der Waals surface area (Å²) in [5.74, 6) is 1.16. The van der Waals surface area contributed by atoms with Crippen LogP contribution in [-0.4, -0.2) is 18.3 Å². The van der Waals surface area contributed by atoms with E-state index in [0.29, 0.717) is 12.3 Å². The topological polar surface area (TPSA) is 29.5 Å². The first-order chi connectivity index (χ1) is 7.45. The van der Waals surface area contributed by atoms with Crippen molar-refractivity contribution in [1.29, 1.82) is 0 Å². The lowest BCUT2D eigenvalue weighted by atomic mass is 9.98. The maximum absolute atomic E-state index is 9.40. The minimum absolute atomic E-state index is 0.363. The van der Waals surface area contributed by atoms with E-state index in [1.165, 1.54) is 0 Å². The van der Waals surface area contributed by atoms with Crippen molar-refractivity contribution in [2.24, 2.45) is 0 Å². The second-order valence-electron chi connectivity index (χ2n) is 4.39. The summed E-state index contributed by atoms with van der Waals surface area (Å²) in [7, 11) is 1.64. The first-order valence-electron chi connectivity index (χ1n) is 5.50. The fourth-order valence-electron chi connectivity index (χ4n) is 1.72. The van der Waals surface area contributed by atoms with Gasteiger partial charge in [0.05, 0.1) is 13.2 Å². The Morgan fingerprint density at radius 1 is 1.31 bits per heavy atom. The minimum Gasteiger partial charge on any atom is -0.496 e. The van der Waals surface area contributed by atoms with E-state index in [1.54, 1.807) is 14.0 Å². The first-order valence-corrected chi connectivity index (χ1v) is 5.87. The highest BCUT2D eigenvalue weighted by Gasteiger charge is 2.13. The molecular weight excluding hydrogens is 224 g/mol. The molecule has 1 rings (SSSR count). The number of hydrogen-bond acceptors (Lipinski definition) is 2. The number of aliphatic hydroxyl groups excluding tert-OH is 1. The standard InChI is InChI=1S/C13H19ClO2/c1-8(2)11-7-13(16-4)10(5-9(3)15)6-12(11)14/h6-9,15H,5H2,1-4H3. The number of aliphatic hydroxyl groups is 1. The van der Waals surface area contributed by atoms with Gasteiger partial charge in [-0.1, -0.05) is 25.4 Å². The molecule has 1 aromatic carbocycles. The van der Waals surface area contributed by atoms with E-state index in [9.17, 15) is 5.11 Å². The minimum atomic E-state index is -0.394. The van der Waals surface area contributed by atoms with E-state index in [-0.39, 0.29) is 0 Å². The Kier molecular flexibility index (Phi) is 4.63. The summed E-state index contributed by atoms with van der Waals surface area (Å²) < 4.78 is 5.32. The average molecular weight is 243 g/mol. The molecule has 3 heteroatoms. The Morgan fingerprint density at radius 3 is 2.38 bits per heavy atom. The van der Waals surface area contributed by atoms with Gasteiger partial charge in [0.2, 0.25) is 0 Å². The summed E-state index contributed by atoms with van der Waals surface area (Å²) in [5.41, 5.74) is 2.03. The molecule has 90 valence electrons. The Hall–Kier alpha value is -0.730. The molecule has 0 aliphatic rings. The number of hydrogen-bond donors (Lipinski definition) is 1. The number of benzene rings is 1. The highest BCUT2D eigenvalue weighted by molar-refractivity contribution is 6.31. The fourth-order valence-corrected chi connectivity index (χ4v) is 2.13. The van der Waals surface area contributed by atoms with E-state index < -0.39 is 6.10 Å². The van der Waals surface area contributed by atoms with Crippen molar-refractivity contribution < 1.29 is 9.84 Å². The molecule has 0 aliphatic heterocycles. The molecule has 0 aromatic heterocycles. The summed E-state index contributed by atoms with van der Waals surface area (Å²) in [6.45, 7) is 5.94. The van der Waals surface area contributed by atoms with E-state index in [4.69, 9.17) is 16.3 Å². The Morgan fingerprint density at radius 2 is 1.94 bits per heavy atom. The SMILES string of the molecule is COc1cc(C(C)C)c(Cl)cc1CC(C)O. The number of halogens is 1.